The summed E-state index contributed by atoms with van der Waals surface area (Å²) in [6.45, 7) is 1.18. The third kappa shape index (κ3) is 3.08. The van der Waals surface area contributed by atoms with Gasteiger partial charge in [-0.15, -0.1) is 12.4 Å². The molecular weight excluding hydrogens is 286 g/mol. The summed E-state index contributed by atoms with van der Waals surface area (Å²) in [6.07, 6.45) is 6.92. The normalized spacial score (nSPS) is 31.3. The molecule has 20 heavy (non-hydrogen) atoms. The Balaban J connectivity index is 0.00000147. The monoisotopic (exact) mass is 308 g/mol. The molecule has 3 rings (SSSR count). The maximum Gasteiger partial charge on any atom is 0.262 e. The van der Waals surface area contributed by atoms with Crippen LogP contribution in [0.25, 0.3) is 0 Å². The smallest absolute Gasteiger partial charge is 0.262 e. The molecule has 1 N–H and O–H groups in total. The molecule has 0 aromatic carbocycles. The Kier molecular flexibility index (Phi) is 4.59. The van der Waals surface area contributed by atoms with Crippen LogP contribution in [0.4, 0.5) is 8.78 Å². The lowest BCUT2D eigenvalue weighted by Gasteiger charge is -2.33. The number of nitrogens with zero attached hydrogens (tertiary/aromatic N) is 1. The van der Waals surface area contributed by atoms with E-state index in [2.05, 4.69) is 5.32 Å². The lowest BCUT2D eigenvalue weighted by Crippen LogP contribution is -2.43. The van der Waals surface area contributed by atoms with E-state index in [0.717, 1.165) is 19.5 Å². The van der Waals surface area contributed by atoms with Crippen LogP contribution in [-0.4, -0.2) is 42.4 Å². The molecule has 1 aliphatic carbocycles. The van der Waals surface area contributed by atoms with Crippen molar-refractivity contribution in [3.63, 3.8) is 0 Å². The molecule has 2 heterocycles. The molecule has 2 aliphatic heterocycles. The summed E-state index contributed by atoms with van der Waals surface area (Å²) in [4.78, 5) is 14.1. The number of carbonyl (C=O) groups is 1. The second-order valence-corrected chi connectivity index (χ2v) is 6.56. The molecule has 1 atom stereocenters. The van der Waals surface area contributed by atoms with Gasteiger partial charge in [-0.05, 0) is 24.7 Å². The molecule has 1 spiro atoms. The fourth-order valence-corrected chi connectivity index (χ4v) is 3.94. The first-order chi connectivity index (χ1) is 9.00. The van der Waals surface area contributed by atoms with Gasteiger partial charge in [-0.3, -0.25) is 10.1 Å². The van der Waals surface area contributed by atoms with Crippen molar-refractivity contribution in [2.24, 2.45) is 5.41 Å². The number of carbonyl (C=O) groups excluding carboxylic acids is 1. The van der Waals surface area contributed by atoms with Crippen molar-refractivity contribution < 1.29 is 13.6 Å². The van der Waals surface area contributed by atoms with Gasteiger partial charge < -0.3 is 4.90 Å². The highest BCUT2D eigenvalue weighted by molar-refractivity contribution is 5.85. The molecule has 6 heteroatoms. The first kappa shape index (κ1) is 16.0. The van der Waals surface area contributed by atoms with Crippen molar-refractivity contribution in [2.75, 3.05) is 19.6 Å². The summed E-state index contributed by atoms with van der Waals surface area (Å²) in [5.74, 6) is -2.83. The van der Waals surface area contributed by atoms with Crippen molar-refractivity contribution in [1.29, 1.82) is 0 Å². The van der Waals surface area contributed by atoms with Gasteiger partial charge in [0.25, 0.3) is 5.92 Å². The van der Waals surface area contributed by atoms with Crippen LogP contribution in [0, 0.1) is 5.41 Å². The average molecular weight is 309 g/mol. The van der Waals surface area contributed by atoms with Crippen LogP contribution in [0.3, 0.4) is 0 Å². The highest BCUT2D eigenvalue weighted by atomic mass is 35.5. The van der Waals surface area contributed by atoms with Crippen molar-refractivity contribution in [2.45, 2.75) is 56.9 Å². The highest BCUT2D eigenvalue weighted by Gasteiger charge is 2.46. The summed E-state index contributed by atoms with van der Waals surface area (Å²) < 4.78 is 26.3. The minimum absolute atomic E-state index is 0. The van der Waals surface area contributed by atoms with Gasteiger partial charge in [-0.2, -0.15) is 0 Å². The minimum Gasteiger partial charge on any atom is -0.341 e. The van der Waals surface area contributed by atoms with Gasteiger partial charge in [-0.25, -0.2) is 8.78 Å². The fourth-order valence-electron chi connectivity index (χ4n) is 3.94. The van der Waals surface area contributed by atoms with Crippen molar-refractivity contribution in [3.8, 4) is 0 Å². The SMILES string of the molecule is Cl.O=C(C1CC(F)(F)CN1)N1CCC2(CCCCC2)C1. The van der Waals surface area contributed by atoms with E-state index in [0.29, 0.717) is 5.41 Å². The number of hydrogen-bond acceptors (Lipinski definition) is 2. The summed E-state index contributed by atoms with van der Waals surface area (Å²) in [7, 11) is 0. The van der Waals surface area contributed by atoms with Crippen molar-refractivity contribution in [1.82, 2.24) is 10.2 Å². The van der Waals surface area contributed by atoms with Crippen LogP contribution in [0.15, 0.2) is 0 Å². The summed E-state index contributed by atoms with van der Waals surface area (Å²) >= 11 is 0. The molecule has 1 unspecified atom stereocenters. The molecule has 1 saturated carbocycles. The summed E-state index contributed by atoms with van der Waals surface area (Å²) in [5.41, 5.74) is 0.301. The number of halogens is 3. The third-order valence-corrected chi connectivity index (χ3v) is 5.07. The highest BCUT2D eigenvalue weighted by Crippen LogP contribution is 2.44. The molecule has 3 aliphatic rings. The summed E-state index contributed by atoms with van der Waals surface area (Å²) in [6, 6.07) is -0.672. The largest absolute Gasteiger partial charge is 0.341 e. The van der Waals surface area contributed by atoms with Gasteiger partial charge in [0.1, 0.15) is 0 Å². The van der Waals surface area contributed by atoms with Crippen LogP contribution < -0.4 is 5.32 Å². The van der Waals surface area contributed by atoms with E-state index in [1.165, 1.54) is 32.1 Å². The van der Waals surface area contributed by atoms with E-state index in [4.69, 9.17) is 0 Å². The summed E-state index contributed by atoms with van der Waals surface area (Å²) in [5, 5.41) is 2.67. The van der Waals surface area contributed by atoms with Gasteiger partial charge in [0.05, 0.1) is 12.6 Å². The lowest BCUT2D eigenvalue weighted by atomic mass is 9.73. The van der Waals surface area contributed by atoms with Crippen LogP contribution >= 0.6 is 12.4 Å². The number of rotatable bonds is 1. The zero-order chi connectivity index (χ0) is 13.5. The topological polar surface area (TPSA) is 32.3 Å². The Labute approximate surface area is 124 Å². The number of likely N-dealkylation sites (tertiary alicyclic amines) is 1. The van der Waals surface area contributed by atoms with E-state index in [1.54, 1.807) is 0 Å². The van der Waals surface area contributed by atoms with Crippen LogP contribution in [0.1, 0.15) is 44.9 Å². The van der Waals surface area contributed by atoms with E-state index < -0.39 is 12.0 Å². The molecular formula is C14H23ClF2N2O. The van der Waals surface area contributed by atoms with Crippen LogP contribution in [0.2, 0.25) is 0 Å². The number of nitrogens with one attached hydrogen (secondary N) is 1. The lowest BCUT2D eigenvalue weighted by molar-refractivity contribution is -0.133. The van der Waals surface area contributed by atoms with Crippen LogP contribution in [0.5, 0.6) is 0 Å². The molecule has 1 amide bonds. The maximum atomic E-state index is 13.2. The fraction of sp³-hybridized carbons (Fsp3) is 0.929. The van der Waals surface area contributed by atoms with E-state index >= 15 is 0 Å². The number of hydrogen-bond donors (Lipinski definition) is 1. The standard InChI is InChI=1S/C14H22F2N2O.ClH/c15-14(16)8-11(17-9-14)12(19)18-7-6-13(10-18)4-2-1-3-5-13;/h11,17H,1-10H2;1H. The minimum atomic E-state index is -2.72. The van der Waals surface area contributed by atoms with Crippen LogP contribution in [-0.2, 0) is 4.79 Å². The zero-order valence-electron chi connectivity index (χ0n) is 11.7. The molecule has 0 aromatic rings. The Morgan fingerprint density at radius 2 is 1.85 bits per heavy atom. The van der Waals surface area contributed by atoms with Gasteiger partial charge in [0, 0.05) is 19.5 Å². The Hall–Kier alpha value is -0.420. The molecule has 116 valence electrons. The second-order valence-electron chi connectivity index (χ2n) is 6.56. The Morgan fingerprint density at radius 3 is 2.45 bits per heavy atom. The molecule has 0 aromatic heterocycles. The van der Waals surface area contributed by atoms with Gasteiger partial charge in [0.2, 0.25) is 5.91 Å². The molecule has 3 fully saturated rings. The second kappa shape index (κ2) is 5.76. The molecule has 2 saturated heterocycles. The predicted octanol–water partition coefficient (Wildman–Crippen LogP) is 2.59. The zero-order valence-corrected chi connectivity index (χ0v) is 12.5. The van der Waals surface area contributed by atoms with E-state index in [1.807, 2.05) is 4.90 Å². The third-order valence-electron chi connectivity index (χ3n) is 5.07. The predicted molar refractivity (Wildman–Crippen MR) is 75.3 cm³/mol. The number of alkyl halides is 2. The number of amides is 1. The Morgan fingerprint density at radius 1 is 1.15 bits per heavy atom. The van der Waals surface area contributed by atoms with Gasteiger partial charge in [0.15, 0.2) is 0 Å². The average Bonchev–Trinajstić information content (AvgIpc) is 2.94. The van der Waals surface area contributed by atoms with Gasteiger partial charge >= 0.3 is 0 Å². The quantitative estimate of drug-likeness (QED) is 0.807. The van der Waals surface area contributed by atoms with E-state index in [-0.39, 0.29) is 31.3 Å². The molecule has 3 nitrogen and oxygen atoms in total. The van der Waals surface area contributed by atoms with E-state index in [9.17, 15) is 13.6 Å². The first-order valence-electron chi connectivity index (χ1n) is 7.40. The first-order valence-corrected chi connectivity index (χ1v) is 7.40. The molecule has 0 bridgehead atoms. The maximum absolute atomic E-state index is 13.2. The Bertz CT molecular complexity index is 372. The van der Waals surface area contributed by atoms with Crippen molar-refractivity contribution in [3.05, 3.63) is 0 Å². The van der Waals surface area contributed by atoms with Gasteiger partial charge in [-0.1, -0.05) is 19.3 Å². The molecule has 0 radical (unpaired) electrons. The van der Waals surface area contributed by atoms with Crippen molar-refractivity contribution >= 4 is 18.3 Å².